The molecule has 2 aromatic rings. The zero-order valence-corrected chi connectivity index (χ0v) is 19.6. The van der Waals surface area contributed by atoms with E-state index in [9.17, 15) is 19.7 Å². The lowest BCUT2D eigenvalue weighted by Crippen LogP contribution is -2.46. The second-order valence-electron chi connectivity index (χ2n) is 7.16. The van der Waals surface area contributed by atoms with Gasteiger partial charge in [0.1, 0.15) is 5.02 Å². The molecule has 0 fully saturated rings. The van der Waals surface area contributed by atoms with E-state index in [-0.39, 0.29) is 22.9 Å². The van der Waals surface area contributed by atoms with Crippen LogP contribution in [0.2, 0.25) is 5.02 Å². The molecule has 11 heteroatoms. The number of halogens is 1. The SMILES string of the molecule is CCOC(=O)C1=C(C)N(C)C(=S)NC1c1cccc(NC(=O)c2ccc(Cl)c([N+](=O)[O-])c2)c1. The minimum absolute atomic E-state index is 0.0588. The smallest absolute Gasteiger partial charge is 0.338 e. The topological polar surface area (TPSA) is 114 Å². The fraction of sp³-hybridized carbons (Fsp3) is 0.227. The van der Waals surface area contributed by atoms with Crippen LogP contribution in [-0.4, -0.2) is 40.5 Å². The maximum atomic E-state index is 12.7. The molecule has 172 valence electrons. The first kappa shape index (κ1) is 24.1. The molecule has 1 amide bonds. The van der Waals surface area contributed by atoms with Crippen molar-refractivity contribution < 1.29 is 19.2 Å². The molecule has 0 saturated carbocycles. The number of hydrogen-bond donors (Lipinski definition) is 2. The molecule has 2 aromatic carbocycles. The number of nitro groups is 1. The van der Waals surface area contributed by atoms with Crippen LogP contribution in [0, 0.1) is 10.1 Å². The molecule has 1 atom stereocenters. The summed E-state index contributed by atoms with van der Waals surface area (Å²) in [6.45, 7) is 3.73. The van der Waals surface area contributed by atoms with E-state index in [1.807, 2.05) is 0 Å². The quantitative estimate of drug-likeness (QED) is 0.269. The molecule has 0 radical (unpaired) electrons. The van der Waals surface area contributed by atoms with Gasteiger partial charge >= 0.3 is 5.97 Å². The van der Waals surface area contributed by atoms with E-state index in [1.54, 1.807) is 50.1 Å². The first-order valence-corrected chi connectivity index (χ1v) is 10.7. The van der Waals surface area contributed by atoms with Crippen LogP contribution in [0.5, 0.6) is 0 Å². The summed E-state index contributed by atoms with van der Waals surface area (Å²) in [6.07, 6.45) is 0. The number of anilines is 1. The van der Waals surface area contributed by atoms with Crippen LogP contribution < -0.4 is 10.6 Å². The number of nitrogens with zero attached hydrogens (tertiary/aromatic N) is 2. The third-order valence-electron chi connectivity index (χ3n) is 5.13. The van der Waals surface area contributed by atoms with Gasteiger partial charge in [0.25, 0.3) is 11.6 Å². The van der Waals surface area contributed by atoms with Crippen molar-refractivity contribution in [1.29, 1.82) is 0 Å². The number of nitro benzene ring substituents is 1. The molecule has 9 nitrogen and oxygen atoms in total. The summed E-state index contributed by atoms with van der Waals surface area (Å²) in [7, 11) is 1.75. The van der Waals surface area contributed by atoms with E-state index in [0.717, 1.165) is 6.07 Å². The maximum absolute atomic E-state index is 12.7. The molecular weight excluding hydrogens is 468 g/mol. The largest absolute Gasteiger partial charge is 0.463 e. The van der Waals surface area contributed by atoms with Gasteiger partial charge in [0.15, 0.2) is 5.11 Å². The van der Waals surface area contributed by atoms with Crippen molar-refractivity contribution in [2.75, 3.05) is 19.0 Å². The molecule has 0 aromatic heterocycles. The van der Waals surface area contributed by atoms with E-state index in [0.29, 0.717) is 27.6 Å². The minimum Gasteiger partial charge on any atom is -0.463 e. The van der Waals surface area contributed by atoms with E-state index < -0.39 is 22.8 Å². The second-order valence-corrected chi connectivity index (χ2v) is 7.96. The molecular formula is C22H21ClN4O5S. The molecule has 1 heterocycles. The van der Waals surface area contributed by atoms with E-state index in [2.05, 4.69) is 10.6 Å². The first-order chi connectivity index (χ1) is 15.6. The number of hydrogen-bond acceptors (Lipinski definition) is 6. The Morgan fingerprint density at radius 3 is 2.70 bits per heavy atom. The van der Waals surface area contributed by atoms with Gasteiger partial charge in [-0.3, -0.25) is 14.9 Å². The predicted molar refractivity (Wildman–Crippen MR) is 128 cm³/mol. The van der Waals surface area contributed by atoms with Crippen LogP contribution in [0.25, 0.3) is 0 Å². The van der Waals surface area contributed by atoms with Gasteiger partial charge in [-0.25, -0.2) is 4.79 Å². The molecule has 1 aliphatic heterocycles. The first-order valence-electron chi connectivity index (χ1n) is 9.91. The average molecular weight is 489 g/mol. The number of thiocarbonyl (C=S) groups is 1. The molecule has 0 bridgehead atoms. The van der Waals surface area contributed by atoms with Crippen LogP contribution in [0.1, 0.15) is 35.8 Å². The molecule has 2 N–H and O–H groups in total. The Balaban J connectivity index is 1.92. The van der Waals surface area contributed by atoms with Crippen molar-refractivity contribution >= 4 is 52.2 Å². The lowest BCUT2D eigenvalue weighted by atomic mass is 9.95. The van der Waals surface area contributed by atoms with Crippen LogP contribution in [0.15, 0.2) is 53.7 Å². The Kier molecular flexibility index (Phi) is 7.29. The monoisotopic (exact) mass is 488 g/mol. The fourth-order valence-electron chi connectivity index (χ4n) is 3.35. The van der Waals surface area contributed by atoms with E-state index in [4.69, 9.17) is 28.6 Å². The highest BCUT2D eigenvalue weighted by Gasteiger charge is 2.33. The van der Waals surface area contributed by atoms with Gasteiger partial charge in [0.05, 0.1) is 23.1 Å². The molecule has 33 heavy (non-hydrogen) atoms. The third-order valence-corrected chi connectivity index (χ3v) is 5.84. The van der Waals surface area contributed by atoms with E-state index in [1.165, 1.54) is 12.1 Å². The summed E-state index contributed by atoms with van der Waals surface area (Å²) in [6, 6.07) is 10.1. The minimum atomic E-state index is -0.653. The van der Waals surface area contributed by atoms with Crippen LogP contribution >= 0.6 is 23.8 Å². The Labute approximate surface area is 200 Å². The molecule has 1 aliphatic rings. The van der Waals surface area contributed by atoms with Crippen molar-refractivity contribution in [1.82, 2.24) is 10.2 Å². The van der Waals surface area contributed by atoms with Crippen molar-refractivity contribution in [3.63, 3.8) is 0 Å². The zero-order valence-electron chi connectivity index (χ0n) is 18.0. The summed E-state index contributed by atoms with van der Waals surface area (Å²) in [5, 5.41) is 17.3. The van der Waals surface area contributed by atoms with Crippen LogP contribution in [0.3, 0.4) is 0 Å². The number of rotatable bonds is 6. The Morgan fingerprint density at radius 1 is 1.30 bits per heavy atom. The lowest BCUT2D eigenvalue weighted by Gasteiger charge is -2.35. The Bertz CT molecular complexity index is 1180. The van der Waals surface area contributed by atoms with Crippen molar-refractivity contribution in [2.24, 2.45) is 0 Å². The lowest BCUT2D eigenvalue weighted by molar-refractivity contribution is -0.384. The molecule has 1 unspecified atom stereocenters. The van der Waals surface area contributed by atoms with Crippen molar-refractivity contribution in [2.45, 2.75) is 19.9 Å². The van der Waals surface area contributed by atoms with Gasteiger partial charge < -0.3 is 20.3 Å². The van der Waals surface area contributed by atoms with Gasteiger partial charge in [-0.1, -0.05) is 23.7 Å². The standard InChI is InChI=1S/C22H21ClN4O5S/c1-4-32-21(29)18-12(2)26(3)22(33)25-19(18)13-6-5-7-15(10-13)24-20(28)14-8-9-16(23)17(11-14)27(30)31/h5-11,19H,4H2,1-3H3,(H,24,28)(H,25,33). The Hall–Kier alpha value is -3.50. The number of amides is 1. The normalized spacial score (nSPS) is 15.7. The summed E-state index contributed by atoms with van der Waals surface area (Å²) >= 11 is 11.2. The average Bonchev–Trinajstić information content (AvgIpc) is 2.77. The molecule has 0 aliphatic carbocycles. The number of carbonyl (C=O) groups excluding carboxylic acids is 2. The number of esters is 1. The number of allylic oxidation sites excluding steroid dienone is 1. The molecule has 3 rings (SSSR count). The summed E-state index contributed by atoms with van der Waals surface area (Å²) in [5.41, 5.74) is 1.89. The Morgan fingerprint density at radius 2 is 2.03 bits per heavy atom. The highest BCUT2D eigenvalue weighted by molar-refractivity contribution is 7.80. The third kappa shape index (κ3) is 5.12. The van der Waals surface area contributed by atoms with Gasteiger partial charge in [0.2, 0.25) is 0 Å². The van der Waals surface area contributed by atoms with Gasteiger partial charge in [-0.05, 0) is 55.9 Å². The van der Waals surface area contributed by atoms with Crippen molar-refractivity contribution in [3.05, 3.63) is 80.0 Å². The van der Waals surface area contributed by atoms with Gasteiger partial charge in [-0.15, -0.1) is 0 Å². The number of ether oxygens (including phenoxy) is 1. The van der Waals surface area contributed by atoms with Gasteiger partial charge in [0, 0.05) is 30.1 Å². The number of benzene rings is 2. The zero-order chi connectivity index (χ0) is 24.3. The number of nitrogens with one attached hydrogen (secondary N) is 2. The molecule has 0 spiro atoms. The summed E-state index contributed by atoms with van der Waals surface area (Å²) in [4.78, 5) is 37.5. The highest BCUT2D eigenvalue weighted by atomic mass is 35.5. The second kappa shape index (κ2) is 9.97. The maximum Gasteiger partial charge on any atom is 0.338 e. The number of carbonyl (C=O) groups is 2. The predicted octanol–water partition coefficient (Wildman–Crippen LogP) is 4.20. The highest BCUT2D eigenvalue weighted by Crippen LogP contribution is 2.32. The van der Waals surface area contributed by atoms with Gasteiger partial charge in [-0.2, -0.15) is 0 Å². The van der Waals surface area contributed by atoms with E-state index >= 15 is 0 Å². The fourth-order valence-corrected chi connectivity index (χ4v) is 3.79. The summed E-state index contributed by atoms with van der Waals surface area (Å²) < 4.78 is 5.24. The van der Waals surface area contributed by atoms with Crippen LogP contribution in [0.4, 0.5) is 11.4 Å². The molecule has 0 saturated heterocycles. The van der Waals surface area contributed by atoms with Crippen molar-refractivity contribution in [3.8, 4) is 0 Å². The summed E-state index contributed by atoms with van der Waals surface area (Å²) in [5.74, 6) is -1.01. The van der Waals surface area contributed by atoms with Crippen LogP contribution in [-0.2, 0) is 9.53 Å².